The second kappa shape index (κ2) is 55.5. The Morgan fingerprint density at radius 1 is 0.598 bits per heavy atom. The van der Waals surface area contributed by atoms with Crippen molar-refractivity contribution >= 4 is 59.2 Å². The molecule has 4 aromatic carbocycles. The zero-order chi connectivity index (χ0) is 75.1. The first kappa shape index (κ1) is 96.1. The zero-order valence-electron chi connectivity index (χ0n) is 64.3. The van der Waals surface area contributed by atoms with Crippen molar-refractivity contribution in [2.45, 2.75) is 196 Å². The number of rotatable bonds is 46. The third kappa shape index (κ3) is 39.1. The fourth-order valence-corrected chi connectivity index (χ4v) is 14.3. The van der Waals surface area contributed by atoms with Crippen LogP contribution in [0.15, 0.2) is 133 Å². The van der Waals surface area contributed by atoms with Crippen LogP contribution in [0.4, 0.5) is 0 Å². The van der Waals surface area contributed by atoms with Crippen LogP contribution in [0.25, 0.3) is 0 Å². The smallest absolute Gasteiger partial charge is 0.497 e. The monoisotopic (exact) mass is 1590 g/mol. The number of aliphatic hydroxyl groups excluding tert-OH is 2. The van der Waals surface area contributed by atoms with E-state index in [9.17, 15) is 15.0 Å². The predicted octanol–water partition coefficient (Wildman–Crippen LogP) is 15.1. The number of carbonyl (C=O) groups is 1. The molecule has 5 rings (SSSR count). The van der Waals surface area contributed by atoms with E-state index in [0.717, 1.165) is 79.8 Å². The quantitative estimate of drug-likeness (QED) is 0.0106. The Morgan fingerprint density at radius 3 is 1.38 bits per heavy atom. The second-order valence-corrected chi connectivity index (χ2v) is 43.7. The molecule has 0 spiro atoms. The fourth-order valence-electron chi connectivity index (χ4n) is 10.9. The minimum absolute atomic E-state index is 0. The van der Waals surface area contributed by atoms with Gasteiger partial charge < -0.3 is 61.9 Å². The van der Waals surface area contributed by atoms with Gasteiger partial charge in [0, 0.05) is 97.5 Å². The van der Waals surface area contributed by atoms with Gasteiger partial charge in [0.05, 0.1) is 85.9 Å². The third-order valence-corrected chi connectivity index (χ3v) is 24.0. The summed E-state index contributed by atoms with van der Waals surface area (Å²) in [7, 11) is 12.3. The summed E-state index contributed by atoms with van der Waals surface area (Å²) >= 11 is 5.99. The summed E-state index contributed by atoms with van der Waals surface area (Å²) in [5.41, 5.74) is 6.56. The maximum absolute atomic E-state index is 11.6. The molecule has 0 aromatic heterocycles. The molecule has 0 amide bonds. The van der Waals surface area contributed by atoms with Crippen molar-refractivity contribution in [3.63, 3.8) is 0 Å². The maximum atomic E-state index is 11.6. The van der Waals surface area contributed by atoms with Crippen molar-refractivity contribution < 1.29 is 82.8 Å². The van der Waals surface area contributed by atoms with E-state index in [4.69, 9.17) is 61.6 Å². The molecule has 17 nitrogen and oxygen atoms in total. The molecule has 1 aliphatic rings. The van der Waals surface area contributed by atoms with Crippen molar-refractivity contribution in [2.75, 3.05) is 116 Å². The Bertz CT molecular complexity index is 2950. The molecule has 0 aliphatic carbocycles. The van der Waals surface area contributed by atoms with Gasteiger partial charge in [-0.3, -0.25) is 0 Å². The van der Waals surface area contributed by atoms with E-state index < -0.39 is 41.4 Å². The average Bonchev–Trinajstić information content (AvgIpc) is 1.12. The molecule has 102 heavy (non-hydrogen) atoms. The summed E-state index contributed by atoms with van der Waals surface area (Å²) in [6, 6.07) is 32.8. The average molecular weight is 1590 g/mol. The van der Waals surface area contributed by atoms with Crippen LogP contribution in [0.2, 0.25) is 14.8 Å². The topological polar surface area (TPSA) is 187 Å². The number of hydrogen-bond acceptors (Lipinski definition) is 19. The van der Waals surface area contributed by atoms with Gasteiger partial charge in [-0.1, -0.05) is 95.8 Å². The van der Waals surface area contributed by atoms with E-state index in [1.54, 1.807) is 48.7 Å². The molecule has 21 heteroatoms. The number of hydrogen-bond donors (Lipinski definition) is 2. The van der Waals surface area contributed by atoms with E-state index in [1.807, 2.05) is 80.6 Å². The first-order valence-electron chi connectivity index (χ1n) is 35.3. The van der Waals surface area contributed by atoms with E-state index in [-0.39, 0.29) is 64.7 Å². The number of ether oxygens (including phenoxy) is 14. The minimum atomic E-state index is -2.26. The summed E-state index contributed by atoms with van der Waals surface area (Å²) in [6.45, 7) is 23.4. The Kier molecular flexibility index (Phi) is 52.3. The number of methoxy groups -OCH3 is 7. The summed E-state index contributed by atoms with van der Waals surface area (Å²) < 4.78 is 79.4. The fraction of sp³-hybridized carbons (Fsp3) is 0.617. The van der Waals surface area contributed by atoms with Crippen molar-refractivity contribution in [1.82, 2.24) is 0 Å². The Hall–Kier alpha value is -3.89. The number of benzene rings is 4. The Morgan fingerprint density at radius 2 is 1.02 bits per heavy atom. The third-order valence-electron chi connectivity index (χ3n) is 18.2. The molecular weight excluding hydrogens is 1460 g/mol. The first-order valence-corrected chi connectivity index (χ1v) is 48.0. The van der Waals surface area contributed by atoms with Gasteiger partial charge >= 0.3 is 181 Å². The number of carbonyl (C=O) groups excluding carboxylic acids is 1. The number of aliphatic hydroxyl groups is 2. The van der Waals surface area contributed by atoms with Gasteiger partial charge in [-0.05, 0) is 85.6 Å². The summed E-state index contributed by atoms with van der Waals surface area (Å²) in [4.78, 5) is 18.7. The van der Waals surface area contributed by atoms with Gasteiger partial charge in [0.2, 0.25) is 0 Å². The van der Waals surface area contributed by atoms with Gasteiger partial charge in [-0.25, -0.2) is 4.79 Å². The van der Waals surface area contributed by atoms with Gasteiger partial charge in [-0.15, -0.1) is 0 Å². The molecule has 1 heterocycles. The van der Waals surface area contributed by atoms with Crippen LogP contribution < -0.4 is 13.1 Å². The van der Waals surface area contributed by atoms with Crippen molar-refractivity contribution in [3.05, 3.63) is 160 Å². The SMILES string of the molecule is C.C1CCOC1.CC[C@H](/C=C(/C)[C@H](C[C@H](C[C@H](O)C(C)(C)c1ccc[c]([Sn]([CH3])([CH3])[CH3])c1)OC)OCc1ccc(OC)cc1)COCOCCOC.CC[C@H](/C=C(/C)[C@H](C[C@H](C[C@H](O)C(C)(C)c1cccc(C/C=C/C(=O)OC)c1)OC)OCc1ccc(OC)cc1)COCOCCOC.S=S=S.[2HH]. The molecule has 4 aromatic rings. The van der Waals surface area contributed by atoms with Crippen LogP contribution in [0.5, 0.6) is 11.5 Å². The van der Waals surface area contributed by atoms with Crippen LogP contribution >= 0.6 is 0 Å². The van der Waals surface area contributed by atoms with Crippen LogP contribution in [0.3, 0.4) is 0 Å². The molecule has 2 N–H and O–H groups in total. The Balaban J connectivity index is 0.00000179. The van der Waals surface area contributed by atoms with E-state index in [1.165, 1.54) is 35.2 Å². The van der Waals surface area contributed by atoms with Gasteiger partial charge in [0.25, 0.3) is 0 Å². The zero-order valence-corrected chi connectivity index (χ0v) is 69.6. The molecule has 0 bridgehead atoms. The predicted molar refractivity (Wildman–Crippen MR) is 425 cm³/mol. The molecule has 8 atom stereocenters. The molecule has 0 unspecified atom stereocenters. The van der Waals surface area contributed by atoms with Crippen LogP contribution in [-0.2, 0) is 123 Å². The molecule has 0 saturated carbocycles. The van der Waals surface area contributed by atoms with E-state index >= 15 is 0 Å². The summed E-state index contributed by atoms with van der Waals surface area (Å²) in [5.74, 6) is 1.63. The summed E-state index contributed by atoms with van der Waals surface area (Å²) in [5, 5.41) is 23.2. The van der Waals surface area contributed by atoms with Crippen LogP contribution in [0.1, 0.15) is 143 Å². The molecular formula is C81H132O17S3Sn. The molecule has 1 saturated heterocycles. The van der Waals surface area contributed by atoms with Crippen molar-refractivity contribution in [1.29, 1.82) is 0 Å². The van der Waals surface area contributed by atoms with E-state index in [0.29, 0.717) is 85.0 Å². The molecule has 580 valence electrons. The van der Waals surface area contributed by atoms with Crippen molar-refractivity contribution in [2.24, 2.45) is 11.8 Å². The standard InChI is InChI=1S/C39H58O9.C34H51O7.C4H8O.CH4.3CH3.S3.Sn.H2/c1-9-30(26-47-28-46-21-20-42-5)22-29(2)36(48-27-32-16-18-34(43-6)19-17-32)24-35(44-7)25-37(40)39(3,4)33-14-10-12-31(23-33)13-11-15-38(41)45-8;1-8-27(23-40-25-39-19-18-36-5)20-26(2)32(41-24-28-14-16-30(37-6)17-15-28)21-31(38-7)22-33(35)34(3,4)29-12-10-9-11-13-29;1-2-4-5-3-1;;;;;1-3-2;;/h10-12,14-19,22-23,30,35-37,40H,9,13,20-21,24-28H2,1-8H3;9-10,12-17,20,27,31-33,35H,8,18-19,21-25H2,1-7H3;1-4H2;1H4;3*1H3;;;1H/b15-11+,29-22-;26-20-;;;;;;;;/t30-,35-,36+,37+;27-,31-,32+,33+;;;;;;;;/m11......../s1/i;;;;;;;;;1+1. The molecule has 1 aliphatic heterocycles. The summed E-state index contributed by atoms with van der Waals surface area (Å²) in [6.07, 6.45) is 12.6. The van der Waals surface area contributed by atoms with Gasteiger partial charge in [-0.2, -0.15) is 0 Å². The normalized spacial score (nSPS) is 15.1. The van der Waals surface area contributed by atoms with Gasteiger partial charge in [0.15, 0.2) is 0 Å². The minimum Gasteiger partial charge on any atom is -0.497 e. The first-order chi connectivity index (χ1) is 48.3. The van der Waals surface area contributed by atoms with Gasteiger partial charge in [0.1, 0.15) is 25.1 Å². The van der Waals surface area contributed by atoms with Crippen molar-refractivity contribution in [3.8, 4) is 11.5 Å². The van der Waals surface area contributed by atoms with Crippen LogP contribution in [0, 0.1) is 11.8 Å². The number of allylic oxidation sites excluding steroid dienone is 1. The van der Waals surface area contributed by atoms with E-state index in [2.05, 4.69) is 126 Å². The van der Waals surface area contributed by atoms with Crippen LogP contribution in [-0.4, -0.2) is 187 Å². The molecule has 0 radical (unpaired) electrons. The molecule has 1 fully saturated rings. The second-order valence-electron chi connectivity index (χ2n) is 27.4. The Labute approximate surface area is 633 Å². The number of esters is 1.